The summed E-state index contributed by atoms with van der Waals surface area (Å²) in [5, 5.41) is 9.54. The molecule has 0 saturated carbocycles. The Morgan fingerprint density at radius 1 is 0.971 bits per heavy atom. The van der Waals surface area contributed by atoms with Gasteiger partial charge in [-0.15, -0.1) is 0 Å². The van der Waals surface area contributed by atoms with E-state index in [2.05, 4.69) is 4.90 Å². The number of fused-ring (bicyclic) bond motifs is 1. The van der Waals surface area contributed by atoms with E-state index in [1.165, 1.54) is 0 Å². The van der Waals surface area contributed by atoms with Crippen LogP contribution in [-0.2, 0) is 4.74 Å². The smallest absolute Gasteiger partial charge is 0.414 e. The number of rotatable bonds is 5. The number of benzene rings is 3. The SMILES string of the molecule is N=C(N)c1ccc(N2CC(CN3CCN(C(=O)c4cccc5ccccc45)CC3)OC2=O)cc1. The average Bonchev–Trinajstić information content (AvgIpc) is 3.23. The minimum atomic E-state index is -0.370. The number of hydrogen-bond donors (Lipinski definition) is 2. The molecule has 174 valence electrons. The molecule has 2 aliphatic rings. The summed E-state index contributed by atoms with van der Waals surface area (Å²) in [6.45, 7) is 3.84. The van der Waals surface area contributed by atoms with Gasteiger partial charge < -0.3 is 15.4 Å². The quantitative estimate of drug-likeness (QED) is 0.453. The first-order valence-corrected chi connectivity index (χ1v) is 11.4. The van der Waals surface area contributed by atoms with Crippen LogP contribution >= 0.6 is 0 Å². The highest BCUT2D eigenvalue weighted by Crippen LogP contribution is 2.24. The molecule has 5 rings (SSSR count). The van der Waals surface area contributed by atoms with E-state index in [-0.39, 0.29) is 23.9 Å². The third-order valence-corrected chi connectivity index (χ3v) is 6.51. The lowest BCUT2D eigenvalue weighted by Crippen LogP contribution is -2.50. The monoisotopic (exact) mass is 457 g/mol. The third-order valence-electron chi connectivity index (χ3n) is 6.51. The van der Waals surface area contributed by atoms with Gasteiger partial charge in [0.25, 0.3) is 5.91 Å². The van der Waals surface area contributed by atoms with Gasteiger partial charge in [0, 0.05) is 49.5 Å². The molecule has 2 aliphatic heterocycles. The zero-order valence-corrected chi connectivity index (χ0v) is 18.8. The molecular formula is C26H27N5O3. The summed E-state index contributed by atoms with van der Waals surface area (Å²) in [5.41, 5.74) is 7.58. The number of amidine groups is 1. The van der Waals surface area contributed by atoms with Crippen molar-refractivity contribution in [3.63, 3.8) is 0 Å². The molecule has 3 aromatic carbocycles. The van der Waals surface area contributed by atoms with E-state index < -0.39 is 0 Å². The minimum absolute atomic E-state index is 0.00787. The summed E-state index contributed by atoms with van der Waals surface area (Å²) in [6, 6.07) is 20.8. The second-order valence-electron chi connectivity index (χ2n) is 8.70. The van der Waals surface area contributed by atoms with E-state index in [0.29, 0.717) is 31.7 Å². The van der Waals surface area contributed by atoms with Crippen LogP contribution in [-0.4, -0.2) is 73.0 Å². The number of carbonyl (C=O) groups excluding carboxylic acids is 2. The summed E-state index contributed by atoms with van der Waals surface area (Å²) in [7, 11) is 0. The summed E-state index contributed by atoms with van der Waals surface area (Å²) in [4.78, 5) is 31.4. The van der Waals surface area contributed by atoms with Gasteiger partial charge in [-0.1, -0.05) is 36.4 Å². The van der Waals surface area contributed by atoms with Crippen LogP contribution in [0.15, 0.2) is 66.7 Å². The first-order chi connectivity index (χ1) is 16.5. The summed E-state index contributed by atoms with van der Waals surface area (Å²) in [5.74, 6) is 0.0513. The van der Waals surface area contributed by atoms with Crippen LogP contribution in [0.1, 0.15) is 15.9 Å². The maximum Gasteiger partial charge on any atom is 0.414 e. The molecule has 8 heteroatoms. The molecule has 0 aliphatic carbocycles. The van der Waals surface area contributed by atoms with Gasteiger partial charge in [0.05, 0.1) is 6.54 Å². The lowest BCUT2D eigenvalue weighted by molar-refractivity contribution is 0.0553. The number of amides is 2. The first-order valence-electron chi connectivity index (χ1n) is 11.4. The van der Waals surface area contributed by atoms with Crippen molar-refractivity contribution in [2.75, 3.05) is 44.2 Å². The highest BCUT2D eigenvalue weighted by Gasteiger charge is 2.34. The molecule has 0 bridgehead atoms. The fourth-order valence-corrected chi connectivity index (χ4v) is 4.65. The lowest BCUT2D eigenvalue weighted by Gasteiger charge is -2.35. The zero-order chi connectivity index (χ0) is 23.7. The maximum absolute atomic E-state index is 13.2. The van der Waals surface area contributed by atoms with Crippen molar-refractivity contribution in [3.05, 3.63) is 77.9 Å². The number of piperazine rings is 1. The highest BCUT2D eigenvalue weighted by atomic mass is 16.6. The van der Waals surface area contributed by atoms with Gasteiger partial charge in [0.2, 0.25) is 0 Å². The predicted octanol–water partition coefficient (Wildman–Crippen LogP) is 2.91. The average molecular weight is 458 g/mol. The number of nitrogens with one attached hydrogen (secondary N) is 1. The molecule has 8 nitrogen and oxygen atoms in total. The van der Waals surface area contributed by atoms with E-state index in [1.807, 2.05) is 47.4 Å². The van der Waals surface area contributed by atoms with Crippen molar-refractivity contribution in [2.24, 2.45) is 5.73 Å². The fourth-order valence-electron chi connectivity index (χ4n) is 4.65. The standard InChI is InChI=1S/C26H27N5O3/c27-24(28)19-8-10-20(11-9-19)31-17-21(34-26(31)33)16-29-12-14-30(15-13-29)25(32)23-7-3-5-18-4-1-2-6-22(18)23/h1-11,21H,12-17H2,(H3,27,28). The second kappa shape index (κ2) is 9.15. The van der Waals surface area contributed by atoms with Crippen LogP contribution < -0.4 is 10.6 Å². The molecule has 0 aromatic heterocycles. The largest absolute Gasteiger partial charge is 0.443 e. The van der Waals surface area contributed by atoms with E-state index in [1.54, 1.807) is 29.2 Å². The zero-order valence-electron chi connectivity index (χ0n) is 18.8. The fraction of sp³-hybridized carbons (Fsp3) is 0.269. The van der Waals surface area contributed by atoms with Crippen LogP contribution in [0.5, 0.6) is 0 Å². The molecule has 0 spiro atoms. The number of carbonyl (C=O) groups is 2. The highest BCUT2D eigenvalue weighted by molar-refractivity contribution is 6.07. The van der Waals surface area contributed by atoms with E-state index in [9.17, 15) is 9.59 Å². The van der Waals surface area contributed by atoms with Crippen molar-refractivity contribution >= 4 is 34.3 Å². The number of anilines is 1. The normalized spacial score (nSPS) is 18.8. The molecule has 0 radical (unpaired) electrons. The van der Waals surface area contributed by atoms with Gasteiger partial charge in [0.1, 0.15) is 11.9 Å². The van der Waals surface area contributed by atoms with Crippen molar-refractivity contribution < 1.29 is 14.3 Å². The third kappa shape index (κ3) is 4.32. The maximum atomic E-state index is 13.2. The van der Waals surface area contributed by atoms with Crippen LogP contribution in [0, 0.1) is 5.41 Å². The Hall–Kier alpha value is -3.91. The lowest BCUT2D eigenvalue weighted by atomic mass is 10.0. The molecule has 3 N–H and O–H groups in total. The molecule has 2 amide bonds. The van der Waals surface area contributed by atoms with Gasteiger partial charge in [-0.2, -0.15) is 0 Å². The van der Waals surface area contributed by atoms with Crippen LogP contribution in [0.2, 0.25) is 0 Å². The van der Waals surface area contributed by atoms with Crippen LogP contribution in [0.4, 0.5) is 10.5 Å². The van der Waals surface area contributed by atoms with Crippen molar-refractivity contribution in [2.45, 2.75) is 6.10 Å². The minimum Gasteiger partial charge on any atom is -0.443 e. The van der Waals surface area contributed by atoms with Gasteiger partial charge in [0.15, 0.2) is 0 Å². The van der Waals surface area contributed by atoms with Crippen molar-refractivity contribution in [1.29, 1.82) is 5.41 Å². The Labute approximate surface area is 198 Å². The molecule has 34 heavy (non-hydrogen) atoms. The number of cyclic esters (lactones) is 1. The second-order valence-corrected chi connectivity index (χ2v) is 8.70. The molecule has 3 aromatic rings. The number of hydrogen-bond acceptors (Lipinski definition) is 5. The van der Waals surface area contributed by atoms with E-state index in [4.69, 9.17) is 15.9 Å². The Bertz CT molecular complexity index is 1230. The van der Waals surface area contributed by atoms with E-state index >= 15 is 0 Å². The van der Waals surface area contributed by atoms with Crippen molar-refractivity contribution in [1.82, 2.24) is 9.80 Å². The Morgan fingerprint density at radius 2 is 1.68 bits per heavy atom. The van der Waals surface area contributed by atoms with Crippen molar-refractivity contribution in [3.8, 4) is 0 Å². The molecule has 2 heterocycles. The molecular weight excluding hydrogens is 430 g/mol. The van der Waals surface area contributed by atoms with Crippen LogP contribution in [0.25, 0.3) is 10.8 Å². The Kier molecular flexibility index (Phi) is 5.90. The summed E-state index contributed by atoms with van der Waals surface area (Å²) >= 11 is 0. The molecule has 2 fully saturated rings. The topological polar surface area (TPSA) is 103 Å². The van der Waals surface area contributed by atoms with Crippen LogP contribution in [0.3, 0.4) is 0 Å². The first kappa shape index (κ1) is 21.9. The Morgan fingerprint density at radius 3 is 2.41 bits per heavy atom. The number of nitrogens with two attached hydrogens (primary N) is 1. The summed E-state index contributed by atoms with van der Waals surface area (Å²) < 4.78 is 5.60. The number of ether oxygens (including phenoxy) is 1. The molecule has 1 atom stereocenters. The number of nitrogens with zero attached hydrogens (tertiary/aromatic N) is 3. The summed E-state index contributed by atoms with van der Waals surface area (Å²) in [6.07, 6.45) is -0.606. The Balaban J connectivity index is 1.17. The predicted molar refractivity (Wildman–Crippen MR) is 131 cm³/mol. The van der Waals surface area contributed by atoms with Gasteiger partial charge in [-0.3, -0.25) is 20.0 Å². The number of nitrogen functional groups attached to an aromatic ring is 1. The van der Waals surface area contributed by atoms with Gasteiger partial charge >= 0.3 is 6.09 Å². The van der Waals surface area contributed by atoms with E-state index in [0.717, 1.165) is 35.1 Å². The van der Waals surface area contributed by atoms with Gasteiger partial charge in [-0.25, -0.2) is 4.79 Å². The van der Waals surface area contributed by atoms with Gasteiger partial charge in [-0.05, 0) is 41.1 Å². The molecule has 2 saturated heterocycles. The molecule has 1 unspecified atom stereocenters.